The van der Waals surface area contributed by atoms with Gasteiger partial charge in [-0.25, -0.2) is 4.39 Å². The highest BCUT2D eigenvalue weighted by Gasteiger charge is 2.22. The molecule has 0 bridgehead atoms. The number of carbonyl (C=O) groups is 1. The number of amides is 1. The Bertz CT molecular complexity index is 852. The zero-order valence-corrected chi connectivity index (χ0v) is 15.4. The SMILES string of the molecule is CCN(CC)C(CNC(=O)c1ccc(-c2ccc(F)cc2)o1)c1ccco1. The second kappa shape index (κ2) is 8.68. The maximum atomic E-state index is 13.0. The molecule has 27 heavy (non-hydrogen) atoms. The first-order valence-corrected chi connectivity index (χ1v) is 9.03. The number of hydrogen-bond acceptors (Lipinski definition) is 4. The molecule has 0 saturated heterocycles. The standard InChI is InChI=1S/C21H23FN2O3/c1-3-24(4-2)17(19-6-5-13-26-19)14-23-21(25)20-12-11-18(27-20)15-7-9-16(22)10-8-15/h5-13,17H,3-4,14H2,1-2H3,(H,23,25). The van der Waals surface area contributed by atoms with Gasteiger partial charge in [-0.05, 0) is 61.6 Å². The normalized spacial score (nSPS) is 12.3. The van der Waals surface area contributed by atoms with Crippen LogP contribution in [0.1, 0.15) is 36.2 Å². The number of rotatable bonds is 8. The Labute approximate surface area is 157 Å². The molecule has 5 nitrogen and oxygen atoms in total. The van der Waals surface area contributed by atoms with Crippen LogP contribution in [0, 0.1) is 5.82 Å². The lowest BCUT2D eigenvalue weighted by molar-refractivity contribution is 0.0903. The summed E-state index contributed by atoms with van der Waals surface area (Å²) in [6.45, 7) is 6.23. The van der Waals surface area contributed by atoms with E-state index in [1.165, 1.54) is 12.1 Å². The predicted molar refractivity (Wildman–Crippen MR) is 101 cm³/mol. The minimum Gasteiger partial charge on any atom is -0.468 e. The van der Waals surface area contributed by atoms with Gasteiger partial charge in [0.2, 0.25) is 0 Å². The first-order chi connectivity index (χ1) is 13.1. The Morgan fingerprint density at radius 1 is 1.11 bits per heavy atom. The van der Waals surface area contributed by atoms with Gasteiger partial charge in [0.25, 0.3) is 5.91 Å². The summed E-state index contributed by atoms with van der Waals surface area (Å²) in [5.74, 6) is 0.930. The van der Waals surface area contributed by atoms with Gasteiger partial charge in [-0.15, -0.1) is 0 Å². The molecule has 0 fully saturated rings. The van der Waals surface area contributed by atoms with Crippen molar-refractivity contribution < 1.29 is 18.0 Å². The lowest BCUT2D eigenvalue weighted by Crippen LogP contribution is -2.37. The molecule has 1 aromatic carbocycles. The molecule has 1 amide bonds. The molecule has 3 rings (SSSR count). The van der Waals surface area contributed by atoms with E-state index in [0.717, 1.165) is 18.8 Å². The van der Waals surface area contributed by atoms with Gasteiger partial charge >= 0.3 is 0 Å². The third kappa shape index (κ3) is 4.46. The third-order valence-corrected chi connectivity index (χ3v) is 4.54. The van der Waals surface area contributed by atoms with Crippen molar-refractivity contribution in [2.45, 2.75) is 19.9 Å². The number of furan rings is 2. The molecule has 6 heteroatoms. The van der Waals surface area contributed by atoms with E-state index in [2.05, 4.69) is 24.1 Å². The second-order valence-electron chi connectivity index (χ2n) is 6.13. The molecular formula is C21H23FN2O3. The quantitative estimate of drug-likeness (QED) is 0.635. The van der Waals surface area contributed by atoms with Crippen molar-refractivity contribution in [3.63, 3.8) is 0 Å². The van der Waals surface area contributed by atoms with Crippen molar-refractivity contribution >= 4 is 5.91 Å². The van der Waals surface area contributed by atoms with E-state index in [4.69, 9.17) is 8.83 Å². The second-order valence-corrected chi connectivity index (χ2v) is 6.13. The molecule has 0 aliphatic heterocycles. The Morgan fingerprint density at radius 3 is 2.48 bits per heavy atom. The van der Waals surface area contributed by atoms with Crippen molar-refractivity contribution in [1.29, 1.82) is 0 Å². The number of benzene rings is 1. The molecule has 1 N–H and O–H groups in total. The van der Waals surface area contributed by atoms with E-state index in [0.29, 0.717) is 17.9 Å². The molecule has 0 saturated carbocycles. The molecule has 3 aromatic rings. The summed E-state index contributed by atoms with van der Waals surface area (Å²) in [6.07, 6.45) is 1.63. The molecular weight excluding hydrogens is 347 g/mol. The lowest BCUT2D eigenvalue weighted by atomic mass is 10.2. The zero-order valence-electron chi connectivity index (χ0n) is 15.4. The van der Waals surface area contributed by atoms with E-state index in [-0.39, 0.29) is 23.5 Å². The Hall–Kier alpha value is -2.86. The number of halogens is 1. The van der Waals surface area contributed by atoms with Gasteiger partial charge in [0, 0.05) is 12.1 Å². The molecule has 0 radical (unpaired) electrons. The number of nitrogens with zero attached hydrogens (tertiary/aromatic N) is 1. The van der Waals surface area contributed by atoms with Gasteiger partial charge in [0.1, 0.15) is 17.3 Å². The first kappa shape index (κ1) is 18.9. The lowest BCUT2D eigenvalue weighted by Gasteiger charge is -2.28. The Kier molecular flexibility index (Phi) is 6.08. The Balaban J connectivity index is 1.68. The van der Waals surface area contributed by atoms with Crippen LogP contribution in [-0.4, -0.2) is 30.4 Å². The summed E-state index contributed by atoms with van der Waals surface area (Å²) in [6, 6.07) is 13.0. The van der Waals surface area contributed by atoms with Crippen molar-refractivity contribution in [3.8, 4) is 11.3 Å². The van der Waals surface area contributed by atoms with Crippen molar-refractivity contribution in [2.75, 3.05) is 19.6 Å². The minimum absolute atomic E-state index is 0.0505. The number of nitrogens with one attached hydrogen (secondary N) is 1. The smallest absolute Gasteiger partial charge is 0.287 e. The van der Waals surface area contributed by atoms with Gasteiger partial charge in [0.15, 0.2) is 5.76 Å². The van der Waals surface area contributed by atoms with Crippen LogP contribution in [0.4, 0.5) is 4.39 Å². The summed E-state index contributed by atoms with van der Waals surface area (Å²) in [5, 5.41) is 2.92. The highest BCUT2D eigenvalue weighted by molar-refractivity contribution is 5.92. The number of carbonyl (C=O) groups excluding carboxylic acids is 1. The molecule has 1 unspecified atom stereocenters. The summed E-state index contributed by atoms with van der Waals surface area (Å²) in [4.78, 5) is 14.7. The van der Waals surface area contributed by atoms with Gasteiger partial charge in [-0.2, -0.15) is 0 Å². The van der Waals surface area contributed by atoms with Crippen LogP contribution in [0.15, 0.2) is 63.6 Å². The van der Waals surface area contributed by atoms with Crippen molar-refractivity contribution in [1.82, 2.24) is 10.2 Å². The van der Waals surface area contributed by atoms with Crippen LogP contribution in [0.2, 0.25) is 0 Å². The molecule has 1 atom stereocenters. The van der Waals surface area contributed by atoms with E-state index in [1.54, 1.807) is 30.5 Å². The van der Waals surface area contributed by atoms with Crippen LogP contribution < -0.4 is 5.32 Å². The molecule has 0 aliphatic rings. The zero-order chi connectivity index (χ0) is 19.2. The van der Waals surface area contributed by atoms with Gasteiger partial charge in [-0.1, -0.05) is 13.8 Å². The van der Waals surface area contributed by atoms with Gasteiger partial charge < -0.3 is 14.2 Å². The topological polar surface area (TPSA) is 58.6 Å². The van der Waals surface area contributed by atoms with E-state index in [1.807, 2.05) is 12.1 Å². The van der Waals surface area contributed by atoms with Crippen molar-refractivity contribution in [3.05, 3.63) is 72.1 Å². The predicted octanol–water partition coefficient (Wildman–Crippen LogP) is 4.49. The number of hydrogen-bond donors (Lipinski definition) is 1. The van der Waals surface area contributed by atoms with Gasteiger partial charge in [0.05, 0.1) is 12.3 Å². The monoisotopic (exact) mass is 370 g/mol. The summed E-state index contributed by atoms with van der Waals surface area (Å²) >= 11 is 0. The molecule has 0 aliphatic carbocycles. The molecule has 2 heterocycles. The van der Waals surface area contributed by atoms with E-state index in [9.17, 15) is 9.18 Å². The summed E-state index contributed by atoms with van der Waals surface area (Å²) in [7, 11) is 0. The fourth-order valence-corrected chi connectivity index (χ4v) is 3.06. The summed E-state index contributed by atoms with van der Waals surface area (Å²) in [5.41, 5.74) is 0.715. The average molecular weight is 370 g/mol. The largest absolute Gasteiger partial charge is 0.468 e. The highest BCUT2D eigenvalue weighted by atomic mass is 19.1. The van der Waals surface area contributed by atoms with Crippen LogP contribution >= 0.6 is 0 Å². The molecule has 0 spiro atoms. The van der Waals surface area contributed by atoms with Gasteiger partial charge in [-0.3, -0.25) is 9.69 Å². The first-order valence-electron chi connectivity index (χ1n) is 9.03. The molecule has 2 aromatic heterocycles. The van der Waals surface area contributed by atoms with E-state index < -0.39 is 0 Å². The molecule has 142 valence electrons. The van der Waals surface area contributed by atoms with E-state index >= 15 is 0 Å². The number of likely N-dealkylation sites (N-methyl/N-ethyl adjacent to an activating group) is 1. The summed E-state index contributed by atoms with van der Waals surface area (Å²) < 4.78 is 24.2. The van der Waals surface area contributed by atoms with Crippen LogP contribution in [-0.2, 0) is 0 Å². The Morgan fingerprint density at radius 2 is 1.85 bits per heavy atom. The highest BCUT2D eigenvalue weighted by Crippen LogP contribution is 2.23. The fourth-order valence-electron chi connectivity index (χ4n) is 3.06. The average Bonchev–Trinajstić information content (AvgIpc) is 3.37. The minimum atomic E-state index is -0.316. The third-order valence-electron chi connectivity index (χ3n) is 4.54. The van der Waals surface area contributed by atoms with Crippen LogP contribution in [0.5, 0.6) is 0 Å². The van der Waals surface area contributed by atoms with Crippen molar-refractivity contribution in [2.24, 2.45) is 0 Å². The van der Waals surface area contributed by atoms with Crippen LogP contribution in [0.3, 0.4) is 0 Å². The maximum absolute atomic E-state index is 13.0. The maximum Gasteiger partial charge on any atom is 0.287 e. The fraction of sp³-hybridized carbons (Fsp3) is 0.286. The van der Waals surface area contributed by atoms with Crippen LogP contribution in [0.25, 0.3) is 11.3 Å².